The molecule has 0 saturated heterocycles. The lowest BCUT2D eigenvalue weighted by atomic mass is 9.94. The molecule has 1 unspecified atom stereocenters. The van der Waals surface area contributed by atoms with Gasteiger partial charge in [-0.05, 0) is 36.7 Å². The van der Waals surface area contributed by atoms with E-state index in [1.807, 2.05) is 24.1 Å². The Labute approximate surface area is 137 Å². The van der Waals surface area contributed by atoms with E-state index < -0.39 is 0 Å². The maximum absolute atomic E-state index is 12.3. The molecule has 1 amide bonds. The number of hydrogen-bond acceptors (Lipinski definition) is 3. The summed E-state index contributed by atoms with van der Waals surface area (Å²) in [7, 11) is 4.04. The van der Waals surface area contributed by atoms with E-state index in [-0.39, 0.29) is 5.91 Å². The van der Waals surface area contributed by atoms with Crippen LogP contribution in [0.5, 0.6) is 0 Å². The van der Waals surface area contributed by atoms with E-state index in [4.69, 9.17) is 4.42 Å². The van der Waals surface area contributed by atoms with Crippen molar-refractivity contribution in [1.29, 1.82) is 0 Å². The lowest BCUT2D eigenvalue weighted by molar-refractivity contribution is -0.130. The molecule has 1 aliphatic rings. The number of rotatable bonds is 5. The van der Waals surface area contributed by atoms with Crippen LogP contribution in [0, 0.1) is 0 Å². The van der Waals surface area contributed by atoms with Crippen molar-refractivity contribution in [3.05, 3.63) is 59.5 Å². The van der Waals surface area contributed by atoms with E-state index in [9.17, 15) is 4.79 Å². The molecular formula is C19H24N2O2. The summed E-state index contributed by atoms with van der Waals surface area (Å²) in [6.07, 6.45) is 3.82. The summed E-state index contributed by atoms with van der Waals surface area (Å²) in [5.74, 6) is 1.05. The van der Waals surface area contributed by atoms with Crippen LogP contribution in [-0.2, 0) is 24.2 Å². The van der Waals surface area contributed by atoms with Crippen LogP contribution in [0.15, 0.2) is 47.1 Å². The minimum Gasteiger partial charge on any atom is -0.469 e. The monoisotopic (exact) mass is 312 g/mol. The second kappa shape index (κ2) is 7.01. The Balaban J connectivity index is 1.55. The maximum Gasteiger partial charge on any atom is 0.222 e. The number of carbonyl (C=O) groups is 1. The van der Waals surface area contributed by atoms with Gasteiger partial charge in [-0.2, -0.15) is 0 Å². The molecular weight excluding hydrogens is 288 g/mol. The fourth-order valence-electron chi connectivity index (χ4n) is 3.22. The number of carbonyl (C=O) groups excluding carboxylic acids is 1. The zero-order chi connectivity index (χ0) is 16.2. The number of nitrogens with zero attached hydrogens (tertiary/aromatic N) is 2. The Morgan fingerprint density at radius 1 is 1.26 bits per heavy atom. The van der Waals surface area contributed by atoms with Gasteiger partial charge in [0.15, 0.2) is 0 Å². The first-order chi connectivity index (χ1) is 11.1. The number of furan rings is 1. The lowest BCUT2D eigenvalue weighted by Gasteiger charge is -2.36. The summed E-state index contributed by atoms with van der Waals surface area (Å²) in [4.78, 5) is 16.5. The van der Waals surface area contributed by atoms with Gasteiger partial charge in [0.25, 0.3) is 0 Å². The van der Waals surface area contributed by atoms with Gasteiger partial charge in [-0.1, -0.05) is 24.3 Å². The van der Waals surface area contributed by atoms with Crippen molar-refractivity contribution in [3.63, 3.8) is 0 Å². The fourth-order valence-corrected chi connectivity index (χ4v) is 3.22. The van der Waals surface area contributed by atoms with E-state index in [0.29, 0.717) is 18.9 Å². The molecule has 1 aromatic heterocycles. The average Bonchev–Trinajstić information content (AvgIpc) is 3.06. The van der Waals surface area contributed by atoms with Crippen LogP contribution in [0.2, 0.25) is 0 Å². The van der Waals surface area contributed by atoms with Crippen molar-refractivity contribution in [3.8, 4) is 0 Å². The van der Waals surface area contributed by atoms with E-state index in [2.05, 4.69) is 36.2 Å². The van der Waals surface area contributed by atoms with Gasteiger partial charge in [-0.15, -0.1) is 0 Å². The number of hydrogen-bond donors (Lipinski definition) is 0. The van der Waals surface area contributed by atoms with Gasteiger partial charge in [-0.3, -0.25) is 9.69 Å². The number of benzene rings is 1. The number of aryl methyl sites for hydroxylation is 1. The molecule has 0 saturated carbocycles. The molecule has 2 heterocycles. The second-order valence-electron chi connectivity index (χ2n) is 6.40. The summed E-state index contributed by atoms with van der Waals surface area (Å²) < 4.78 is 5.29. The molecule has 0 N–H and O–H groups in total. The first kappa shape index (κ1) is 15.8. The summed E-state index contributed by atoms with van der Waals surface area (Å²) in [5.41, 5.74) is 2.81. The highest BCUT2D eigenvalue weighted by atomic mass is 16.3. The van der Waals surface area contributed by atoms with Crippen LogP contribution >= 0.6 is 0 Å². The number of likely N-dealkylation sites (N-methyl/N-ethyl adjacent to an activating group) is 2. The molecule has 4 nitrogen and oxygen atoms in total. The number of fused-ring (bicyclic) bond motifs is 1. The standard InChI is InChI=1S/C19H24N2O2/c1-20-13-16-7-4-3-6-15(16)12-17(20)14-21(2)19(22)10-9-18-8-5-11-23-18/h3-8,11,17H,9-10,12-14H2,1-2H3. The molecule has 3 rings (SSSR count). The quantitative estimate of drug-likeness (QED) is 0.852. The maximum atomic E-state index is 12.3. The Kier molecular flexibility index (Phi) is 4.82. The molecule has 0 spiro atoms. The number of amides is 1. The SMILES string of the molecule is CN(CC1Cc2ccccc2CN1C)C(=O)CCc1ccco1. The zero-order valence-electron chi connectivity index (χ0n) is 13.9. The van der Waals surface area contributed by atoms with Crippen molar-refractivity contribution >= 4 is 5.91 Å². The molecule has 1 aliphatic heterocycles. The molecule has 2 aromatic rings. The zero-order valence-corrected chi connectivity index (χ0v) is 13.9. The van der Waals surface area contributed by atoms with Crippen molar-refractivity contribution in [2.45, 2.75) is 31.8 Å². The van der Waals surface area contributed by atoms with E-state index in [0.717, 1.165) is 25.3 Å². The molecule has 0 fully saturated rings. The first-order valence-corrected chi connectivity index (χ1v) is 8.17. The largest absolute Gasteiger partial charge is 0.469 e. The molecule has 122 valence electrons. The molecule has 0 radical (unpaired) electrons. The van der Waals surface area contributed by atoms with Gasteiger partial charge in [-0.25, -0.2) is 0 Å². The first-order valence-electron chi connectivity index (χ1n) is 8.17. The highest BCUT2D eigenvalue weighted by Crippen LogP contribution is 2.22. The molecule has 4 heteroatoms. The van der Waals surface area contributed by atoms with Crippen LogP contribution in [-0.4, -0.2) is 42.4 Å². The van der Waals surface area contributed by atoms with Crippen LogP contribution < -0.4 is 0 Å². The predicted molar refractivity (Wildman–Crippen MR) is 90.1 cm³/mol. The van der Waals surface area contributed by atoms with E-state index in [1.54, 1.807) is 6.26 Å². The topological polar surface area (TPSA) is 36.7 Å². The summed E-state index contributed by atoms with van der Waals surface area (Å²) >= 11 is 0. The highest BCUT2D eigenvalue weighted by molar-refractivity contribution is 5.76. The van der Waals surface area contributed by atoms with Crippen molar-refractivity contribution in [1.82, 2.24) is 9.80 Å². The third kappa shape index (κ3) is 3.82. The Hall–Kier alpha value is -2.07. The third-order valence-corrected chi connectivity index (χ3v) is 4.69. The predicted octanol–water partition coefficient (Wildman–Crippen LogP) is 2.73. The highest BCUT2D eigenvalue weighted by Gasteiger charge is 2.25. The second-order valence-corrected chi connectivity index (χ2v) is 6.40. The Morgan fingerprint density at radius 2 is 2.04 bits per heavy atom. The van der Waals surface area contributed by atoms with Crippen LogP contribution in [0.1, 0.15) is 23.3 Å². The van der Waals surface area contributed by atoms with Gasteiger partial charge in [0.1, 0.15) is 5.76 Å². The average molecular weight is 312 g/mol. The fraction of sp³-hybridized carbons (Fsp3) is 0.421. The van der Waals surface area contributed by atoms with Gasteiger partial charge in [0, 0.05) is 39.0 Å². The minimum atomic E-state index is 0.175. The normalized spacial score (nSPS) is 17.7. The van der Waals surface area contributed by atoms with Gasteiger partial charge < -0.3 is 9.32 Å². The van der Waals surface area contributed by atoms with Crippen LogP contribution in [0.25, 0.3) is 0 Å². The smallest absolute Gasteiger partial charge is 0.222 e. The Morgan fingerprint density at radius 3 is 2.78 bits per heavy atom. The molecule has 0 bridgehead atoms. The van der Waals surface area contributed by atoms with Gasteiger partial charge in [0.2, 0.25) is 5.91 Å². The minimum absolute atomic E-state index is 0.175. The summed E-state index contributed by atoms with van der Waals surface area (Å²) in [6, 6.07) is 12.7. The van der Waals surface area contributed by atoms with Crippen LogP contribution in [0.3, 0.4) is 0 Å². The molecule has 23 heavy (non-hydrogen) atoms. The van der Waals surface area contributed by atoms with E-state index in [1.165, 1.54) is 11.1 Å². The lowest BCUT2D eigenvalue weighted by Crippen LogP contribution is -2.46. The van der Waals surface area contributed by atoms with E-state index >= 15 is 0 Å². The molecule has 0 aliphatic carbocycles. The van der Waals surface area contributed by atoms with Crippen molar-refractivity contribution in [2.24, 2.45) is 0 Å². The molecule has 1 aromatic carbocycles. The Bertz CT molecular complexity index is 651. The van der Waals surface area contributed by atoms with Crippen molar-refractivity contribution < 1.29 is 9.21 Å². The summed E-state index contributed by atoms with van der Waals surface area (Å²) in [6.45, 7) is 1.72. The van der Waals surface area contributed by atoms with Gasteiger partial charge in [0.05, 0.1) is 6.26 Å². The summed E-state index contributed by atoms with van der Waals surface area (Å²) in [5, 5.41) is 0. The van der Waals surface area contributed by atoms with Crippen LogP contribution in [0.4, 0.5) is 0 Å². The van der Waals surface area contributed by atoms with Gasteiger partial charge >= 0.3 is 0 Å². The van der Waals surface area contributed by atoms with Crippen molar-refractivity contribution in [2.75, 3.05) is 20.6 Å². The molecule has 1 atom stereocenters. The third-order valence-electron chi connectivity index (χ3n) is 4.69.